The van der Waals surface area contributed by atoms with E-state index in [2.05, 4.69) is 0 Å². The van der Waals surface area contributed by atoms with Gasteiger partial charge in [0.25, 0.3) is 0 Å². The van der Waals surface area contributed by atoms with E-state index < -0.39 is 11.7 Å². The molecule has 0 spiro atoms. The van der Waals surface area contributed by atoms with Crippen LogP contribution in [0.3, 0.4) is 0 Å². The Hall–Kier alpha value is -1.06. The maximum Gasteiger partial charge on any atom is 0.125 e. The van der Waals surface area contributed by atoms with Gasteiger partial charge in [0.05, 0.1) is 11.7 Å². The van der Waals surface area contributed by atoms with Crippen LogP contribution in [-0.2, 0) is 0 Å². The van der Waals surface area contributed by atoms with Gasteiger partial charge in [-0.1, -0.05) is 31.4 Å². The summed E-state index contributed by atoms with van der Waals surface area (Å²) in [6.07, 6.45) is 4.39. The van der Waals surface area contributed by atoms with Crippen LogP contribution in [0, 0.1) is 6.92 Å². The third-order valence-corrected chi connectivity index (χ3v) is 3.90. The second kappa shape index (κ2) is 5.93. The number of hydrogen-bond acceptors (Lipinski definition) is 3. The molecule has 1 atom stereocenters. The van der Waals surface area contributed by atoms with Crippen LogP contribution in [0.15, 0.2) is 18.2 Å². The van der Waals surface area contributed by atoms with Gasteiger partial charge in [-0.15, -0.1) is 0 Å². The summed E-state index contributed by atoms with van der Waals surface area (Å²) in [7, 11) is 0. The number of ether oxygens (including phenoxy) is 1. The minimum atomic E-state index is -0.696. The monoisotopic (exact) mass is 264 g/mol. The van der Waals surface area contributed by atoms with Crippen LogP contribution in [0.2, 0.25) is 0 Å². The summed E-state index contributed by atoms with van der Waals surface area (Å²) >= 11 is 0. The zero-order chi connectivity index (χ0) is 13.9. The quantitative estimate of drug-likeness (QED) is 0.878. The van der Waals surface area contributed by atoms with E-state index in [1.54, 1.807) is 6.92 Å². The van der Waals surface area contributed by atoms with Gasteiger partial charge in [0, 0.05) is 5.56 Å². The number of aliphatic hydroxyl groups excluding tert-OH is 1. The van der Waals surface area contributed by atoms with Crippen LogP contribution in [-0.4, -0.2) is 22.4 Å². The Kier molecular flexibility index (Phi) is 4.48. The molecule has 0 aromatic heterocycles. The highest BCUT2D eigenvalue weighted by atomic mass is 16.5. The Morgan fingerprint density at radius 2 is 1.95 bits per heavy atom. The van der Waals surface area contributed by atoms with Gasteiger partial charge in [0.2, 0.25) is 0 Å². The highest BCUT2D eigenvalue weighted by molar-refractivity contribution is 5.38. The van der Waals surface area contributed by atoms with Gasteiger partial charge < -0.3 is 14.9 Å². The van der Waals surface area contributed by atoms with E-state index in [4.69, 9.17) is 4.74 Å². The zero-order valence-corrected chi connectivity index (χ0v) is 11.9. The second-order valence-electron chi connectivity index (χ2n) is 5.79. The molecule has 1 aliphatic carbocycles. The summed E-state index contributed by atoms with van der Waals surface area (Å²) in [5, 5.41) is 20.2. The van der Waals surface area contributed by atoms with E-state index in [1.165, 1.54) is 6.42 Å². The predicted octanol–water partition coefficient (Wildman–Crippen LogP) is 3.12. The molecule has 1 aliphatic rings. The molecule has 2 rings (SSSR count). The standard InChI is InChI=1S/C16H24O3/c1-12-6-7-14(13(2)17)15(10-12)19-11-16(18)8-4-3-5-9-16/h6-7,10,13,17-18H,3-5,8-9,11H2,1-2H3. The molecule has 3 heteroatoms. The van der Waals surface area contributed by atoms with Crippen molar-refractivity contribution in [2.75, 3.05) is 6.61 Å². The number of rotatable bonds is 4. The number of hydrogen-bond donors (Lipinski definition) is 2. The van der Waals surface area contributed by atoms with Gasteiger partial charge >= 0.3 is 0 Å². The van der Waals surface area contributed by atoms with Crippen LogP contribution < -0.4 is 4.74 Å². The van der Waals surface area contributed by atoms with Gasteiger partial charge in [-0.3, -0.25) is 0 Å². The van der Waals surface area contributed by atoms with Crippen molar-refractivity contribution in [2.24, 2.45) is 0 Å². The first-order valence-corrected chi connectivity index (χ1v) is 7.14. The third kappa shape index (κ3) is 3.71. The molecule has 1 saturated carbocycles. The number of benzene rings is 1. The predicted molar refractivity (Wildman–Crippen MR) is 75.3 cm³/mol. The fraction of sp³-hybridized carbons (Fsp3) is 0.625. The van der Waals surface area contributed by atoms with Crippen LogP contribution in [0.25, 0.3) is 0 Å². The average Bonchev–Trinajstić information content (AvgIpc) is 2.37. The summed E-state index contributed by atoms with van der Waals surface area (Å²) < 4.78 is 5.81. The van der Waals surface area contributed by atoms with E-state index in [9.17, 15) is 10.2 Å². The number of aliphatic hydroxyl groups is 2. The molecule has 1 aromatic rings. The first-order chi connectivity index (χ1) is 9.00. The molecule has 19 heavy (non-hydrogen) atoms. The fourth-order valence-electron chi connectivity index (χ4n) is 2.68. The van der Waals surface area contributed by atoms with E-state index in [1.807, 2.05) is 25.1 Å². The lowest BCUT2D eigenvalue weighted by Gasteiger charge is -2.32. The van der Waals surface area contributed by atoms with Crippen molar-refractivity contribution in [3.8, 4) is 5.75 Å². The van der Waals surface area contributed by atoms with E-state index in [0.717, 1.165) is 36.8 Å². The summed E-state index contributed by atoms with van der Waals surface area (Å²) in [4.78, 5) is 0. The van der Waals surface area contributed by atoms with Gasteiger partial charge in [-0.2, -0.15) is 0 Å². The molecule has 0 heterocycles. The van der Waals surface area contributed by atoms with Crippen LogP contribution in [0.4, 0.5) is 0 Å². The van der Waals surface area contributed by atoms with Gasteiger partial charge in [-0.25, -0.2) is 0 Å². The smallest absolute Gasteiger partial charge is 0.125 e. The van der Waals surface area contributed by atoms with Crippen molar-refractivity contribution in [1.82, 2.24) is 0 Å². The molecule has 1 fully saturated rings. The SMILES string of the molecule is Cc1ccc(C(C)O)c(OCC2(O)CCCCC2)c1. The lowest BCUT2D eigenvalue weighted by atomic mass is 9.85. The van der Waals surface area contributed by atoms with Crippen molar-refractivity contribution in [3.05, 3.63) is 29.3 Å². The summed E-state index contributed by atoms with van der Waals surface area (Å²) in [6, 6.07) is 5.78. The molecule has 106 valence electrons. The Morgan fingerprint density at radius 3 is 2.58 bits per heavy atom. The highest BCUT2D eigenvalue weighted by Gasteiger charge is 2.30. The van der Waals surface area contributed by atoms with Crippen molar-refractivity contribution in [2.45, 2.75) is 57.7 Å². The largest absolute Gasteiger partial charge is 0.490 e. The minimum absolute atomic E-state index is 0.316. The minimum Gasteiger partial charge on any atom is -0.490 e. The molecular formula is C16H24O3. The normalized spacial score (nSPS) is 20.0. The Balaban J connectivity index is 2.07. The molecule has 1 unspecified atom stereocenters. The summed E-state index contributed by atoms with van der Waals surface area (Å²) in [6.45, 7) is 4.04. The van der Waals surface area contributed by atoms with Crippen molar-refractivity contribution < 1.29 is 14.9 Å². The van der Waals surface area contributed by atoms with Crippen molar-refractivity contribution >= 4 is 0 Å². The molecule has 1 aromatic carbocycles. The highest BCUT2D eigenvalue weighted by Crippen LogP contribution is 2.31. The molecule has 0 bridgehead atoms. The molecule has 2 N–H and O–H groups in total. The summed E-state index contributed by atoms with van der Waals surface area (Å²) in [5.41, 5.74) is 1.18. The van der Waals surface area contributed by atoms with Gasteiger partial charge in [0.1, 0.15) is 12.4 Å². The van der Waals surface area contributed by atoms with Crippen LogP contribution >= 0.6 is 0 Å². The second-order valence-corrected chi connectivity index (χ2v) is 5.79. The molecule has 0 aliphatic heterocycles. The van der Waals surface area contributed by atoms with E-state index in [-0.39, 0.29) is 0 Å². The maximum atomic E-state index is 10.4. The fourth-order valence-corrected chi connectivity index (χ4v) is 2.68. The Labute approximate surface area is 115 Å². The molecule has 0 saturated heterocycles. The molecular weight excluding hydrogens is 240 g/mol. The topological polar surface area (TPSA) is 49.7 Å². The number of aryl methyl sites for hydroxylation is 1. The van der Waals surface area contributed by atoms with E-state index in [0.29, 0.717) is 12.4 Å². The zero-order valence-electron chi connectivity index (χ0n) is 11.9. The first-order valence-electron chi connectivity index (χ1n) is 7.14. The maximum absolute atomic E-state index is 10.4. The van der Waals surface area contributed by atoms with Crippen LogP contribution in [0.5, 0.6) is 5.75 Å². The van der Waals surface area contributed by atoms with Gasteiger partial charge in [0.15, 0.2) is 0 Å². The molecule has 3 nitrogen and oxygen atoms in total. The molecule has 0 amide bonds. The average molecular weight is 264 g/mol. The van der Waals surface area contributed by atoms with Gasteiger partial charge in [-0.05, 0) is 38.3 Å². The summed E-state index contributed by atoms with van der Waals surface area (Å²) in [5.74, 6) is 0.689. The lowest BCUT2D eigenvalue weighted by molar-refractivity contribution is -0.0345. The lowest BCUT2D eigenvalue weighted by Crippen LogP contribution is -2.38. The Bertz CT molecular complexity index is 420. The first kappa shape index (κ1) is 14.4. The van der Waals surface area contributed by atoms with Crippen molar-refractivity contribution in [3.63, 3.8) is 0 Å². The Morgan fingerprint density at radius 1 is 1.26 bits per heavy atom. The third-order valence-electron chi connectivity index (χ3n) is 3.90. The van der Waals surface area contributed by atoms with Crippen molar-refractivity contribution in [1.29, 1.82) is 0 Å². The van der Waals surface area contributed by atoms with E-state index >= 15 is 0 Å². The van der Waals surface area contributed by atoms with Crippen LogP contribution in [0.1, 0.15) is 56.3 Å². The molecule has 0 radical (unpaired) electrons.